The number of hydrogen-bond donors (Lipinski definition) is 0. The van der Waals surface area contributed by atoms with Gasteiger partial charge >= 0.3 is 69.2 Å². The van der Waals surface area contributed by atoms with Crippen LogP contribution >= 0.6 is 11.4 Å². The van der Waals surface area contributed by atoms with Gasteiger partial charge in [0.1, 0.15) is 0 Å². The average molecular weight is 660 g/mol. The fraction of sp³-hybridized carbons (Fsp3) is 1.00. The smallest absolute Gasteiger partial charge is 0.854 e. The van der Waals surface area contributed by atoms with Gasteiger partial charge in [0.15, 0.2) is 0 Å². The summed E-state index contributed by atoms with van der Waals surface area (Å²) in [5, 5.41) is 1.58. The Labute approximate surface area is 290 Å². The number of hydrogen-bond acceptors (Lipinski definition) is 6. The monoisotopic (exact) mass is 658 g/mol. The molecule has 0 spiro atoms. The maximum absolute atomic E-state index is 12.0. The minimum absolute atomic E-state index is 0. The van der Waals surface area contributed by atoms with Gasteiger partial charge in [-0.15, -0.1) is 0 Å². The van der Waals surface area contributed by atoms with Crippen LogP contribution in [0.15, 0.2) is 0 Å². The number of rotatable bonds is 4. The van der Waals surface area contributed by atoms with Crippen LogP contribution in [0.5, 0.6) is 0 Å². The van der Waals surface area contributed by atoms with Crippen molar-refractivity contribution in [2.75, 3.05) is 0 Å². The van der Waals surface area contributed by atoms with Crippen molar-refractivity contribution in [1.29, 1.82) is 0 Å². The van der Waals surface area contributed by atoms with Crippen molar-refractivity contribution >= 4 is 125 Å². The summed E-state index contributed by atoms with van der Waals surface area (Å²) >= 11 is 9.76. The van der Waals surface area contributed by atoms with Crippen LogP contribution in [0.25, 0.3) is 0 Å². The maximum atomic E-state index is 12.0. The van der Waals surface area contributed by atoms with Crippen molar-refractivity contribution in [3.63, 3.8) is 0 Å². The molecule has 0 aromatic carbocycles. The van der Waals surface area contributed by atoms with Gasteiger partial charge in [-0.1, -0.05) is 77.0 Å². The summed E-state index contributed by atoms with van der Waals surface area (Å²) in [4.78, 5) is 47.9. The molecule has 0 heterocycles. The largest absolute Gasteiger partial charge is 2.00 e. The summed E-state index contributed by atoms with van der Waals surface area (Å²) in [5.74, 6) is 0. The summed E-state index contributed by atoms with van der Waals surface area (Å²) in [7, 11) is -1.000. The molecule has 37 heavy (non-hydrogen) atoms. The van der Waals surface area contributed by atoms with Gasteiger partial charge in [0, 0.05) is 0 Å². The summed E-state index contributed by atoms with van der Waals surface area (Å²) in [6, 6.07) is 0. The minimum Gasteiger partial charge on any atom is -0.854 e. The second-order valence-electron chi connectivity index (χ2n) is 10.6. The normalized spacial score (nSPS) is 23.4. The van der Waals surface area contributed by atoms with E-state index >= 15 is 0 Å². The van der Waals surface area contributed by atoms with Crippen LogP contribution in [0.4, 0.5) is 0 Å². The van der Waals surface area contributed by atoms with Gasteiger partial charge in [-0.2, -0.15) is 0 Å². The fourth-order valence-corrected chi connectivity index (χ4v) is 23.6. The Kier molecular flexibility index (Phi) is 23.7. The van der Waals surface area contributed by atoms with Gasteiger partial charge in [0.2, 0.25) is 0 Å². The van der Waals surface area contributed by atoms with Crippen LogP contribution in [0.2, 0.25) is 0 Å². The molecule has 0 aromatic heterocycles. The zero-order valence-electron chi connectivity index (χ0n) is 22.7. The van der Waals surface area contributed by atoms with E-state index in [1.165, 1.54) is 77.0 Å². The molecular weight excluding hydrogens is 615 g/mol. The Morgan fingerprint density at radius 3 is 0.676 bits per heavy atom. The Morgan fingerprint density at radius 2 is 0.541 bits per heavy atom. The zero-order valence-corrected chi connectivity index (χ0v) is 32.0. The van der Waals surface area contributed by atoms with Crippen LogP contribution in [-0.4, -0.2) is 90.2 Å². The first-order valence-corrected chi connectivity index (χ1v) is 22.9. The second kappa shape index (κ2) is 21.2. The molecule has 0 amide bonds. The first-order valence-electron chi connectivity index (χ1n) is 13.7. The van der Waals surface area contributed by atoms with E-state index < -0.39 is 31.5 Å². The van der Waals surface area contributed by atoms with Gasteiger partial charge in [0.25, 0.3) is 0 Å². The van der Waals surface area contributed by atoms with E-state index in [1.54, 1.807) is 0 Å². The molecule has 0 unspecified atom stereocenters. The van der Waals surface area contributed by atoms with Crippen LogP contribution in [0.3, 0.4) is 0 Å². The summed E-state index contributed by atoms with van der Waals surface area (Å²) < 4.78 is 0. The van der Waals surface area contributed by atoms with Crippen LogP contribution < -0.4 is 19.6 Å². The Balaban J connectivity index is 0.000000648. The van der Waals surface area contributed by atoms with Crippen molar-refractivity contribution in [1.82, 2.24) is 0 Å². The first kappa shape index (κ1) is 41.4. The van der Waals surface area contributed by atoms with Gasteiger partial charge in [-0.05, 0) is 72.4 Å². The van der Waals surface area contributed by atoms with E-state index in [2.05, 4.69) is 0 Å². The fourth-order valence-electron chi connectivity index (χ4n) is 6.50. The van der Waals surface area contributed by atoms with Crippen LogP contribution in [-0.2, 0) is 44.6 Å². The van der Waals surface area contributed by atoms with Crippen molar-refractivity contribution < 1.29 is 19.6 Å². The van der Waals surface area contributed by atoms with Gasteiger partial charge in [-0.25, -0.2) is 20.1 Å². The van der Waals surface area contributed by atoms with Crippen molar-refractivity contribution in [2.24, 2.45) is 0 Å². The third kappa shape index (κ3) is 14.4. The second-order valence-corrected chi connectivity index (χ2v) is 26.2. The molecule has 0 aliphatic heterocycles. The van der Waals surface area contributed by atoms with Gasteiger partial charge in [0.05, 0.1) is 0 Å². The molecule has 0 saturated heterocycles. The topological polar surface area (TPSA) is 92.2 Å². The molecule has 13 heteroatoms. The standard InChI is InChI=1S/2C12H22O2PS2.3Mg/c2*13-15(14,16)17(11-7-3-1-4-8-11)12-9-5-2-6-10-12;;;/h2*11-12H,1-10H2;;;/q2*-3;3*+2. The van der Waals surface area contributed by atoms with Crippen LogP contribution in [0, 0.1) is 0 Å². The van der Waals surface area contributed by atoms with Gasteiger partial charge in [-0.3, -0.25) is 0 Å². The Hall–Kier alpha value is 4.40. The molecule has 4 saturated carbocycles. The molecule has 0 atom stereocenters. The molecule has 4 nitrogen and oxygen atoms in total. The molecule has 4 rings (SSSR count). The molecule has 0 N–H and O–H groups in total. The predicted molar refractivity (Wildman–Crippen MR) is 168 cm³/mol. The van der Waals surface area contributed by atoms with E-state index in [0.29, 0.717) is 21.0 Å². The third-order valence-corrected chi connectivity index (χ3v) is 23.5. The van der Waals surface area contributed by atoms with E-state index in [1.807, 2.05) is 0 Å². The molecule has 4 aliphatic carbocycles. The van der Waals surface area contributed by atoms with Crippen LogP contribution in [0.1, 0.15) is 128 Å². The van der Waals surface area contributed by atoms with E-state index in [-0.39, 0.29) is 69.2 Å². The quantitative estimate of drug-likeness (QED) is 0.262. The molecule has 0 aromatic rings. The van der Waals surface area contributed by atoms with Crippen molar-refractivity contribution in [2.45, 2.75) is 149 Å². The molecule has 0 radical (unpaired) electrons. The zero-order chi connectivity index (χ0) is 24.6. The van der Waals surface area contributed by atoms with E-state index in [9.17, 15) is 19.6 Å². The van der Waals surface area contributed by atoms with Gasteiger partial charge < -0.3 is 55.5 Å². The first-order chi connectivity index (χ1) is 16.2. The van der Waals surface area contributed by atoms with E-state index in [0.717, 1.165) is 51.4 Å². The molecule has 4 fully saturated rings. The van der Waals surface area contributed by atoms with E-state index in [4.69, 9.17) is 24.5 Å². The predicted octanol–water partition coefficient (Wildman–Crippen LogP) is 3.29. The van der Waals surface area contributed by atoms with Crippen molar-refractivity contribution in [3.05, 3.63) is 0 Å². The molecule has 4 aliphatic rings. The molecule has 204 valence electrons. The summed E-state index contributed by atoms with van der Waals surface area (Å²) in [6.45, 7) is 0. The average Bonchev–Trinajstić information content (AvgIpc) is 2.81. The summed E-state index contributed by atoms with van der Waals surface area (Å²) in [5.41, 5.74) is -7.10. The maximum Gasteiger partial charge on any atom is 2.00 e. The molecular formula is C24H44Mg3O4P2S4. The Bertz CT molecular complexity index is 624. The Morgan fingerprint density at radius 1 is 0.378 bits per heavy atom. The molecule has 0 bridgehead atoms. The SMILES string of the molecule is [Mg+2].[Mg+2].[Mg+2].[O-]P([O-])([S-])=S(C1CCCCC1)C1CCCCC1.[O-]P([O-])([S-])=S(C1CCCCC1)C1CCCCC1. The minimum atomic E-state index is -3.55. The third-order valence-electron chi connectivity index (χ3n) is 8.09. The summed E-state index contributed by atoms with van der Waals surface area (Å²) in [6.07, 6.45) is 23.5. The van der Waals surface area contributed by atoms with Crippen molar-refractivity contribution in [3.8, 4) is 0 Å².